The first-order valence-electron chi connectivity index (χ1n) is 9.11. The van der Waals surface area contributed by atoms with Gasteiger partial charge in [0.15, 0.2) is 0 Å². The Kier molecular flexibility index (Phi) is 4.80. The molecular formula is C21H25N3O2. The predicted octanol–water partition coefficient (Wildman–Crippen LogP) is 3.00. The summed E-state index contributed by atoms with van der Waals surface area (Å²) < 4.78 is 11.2. The van der Waals surface area contributed by atoms with Crippen molar-refractivity contribution in [3.05, 3.63) is 53.4 Å². The molecule has 3 heterocycles. The van der Waals surface area contributed by atoms with Gasteiger partial charge in [0.05, 0.1) is 7.11 Å². The number of rotatable bonds is 4. The lowest BCUT2D eigenvalue weighted by atomic mass is 10.1. The molecule has 1 saturated heterocycles. The van der Waals surface area contributed by atoms with Gasteiger partial charge in [-0.1, -0.05) is 0 Å². The molecule has 26 heavy (non-hydrogen) atoms. The van der Waals surface area contributed by atoms with Crippen LogP contribution in [0.2, 0.25) is 0 Å². The zero-order valence-corrected chi connectivity index (χ0v) is 15.4. The molecule has 2 aromatic rings. The highest BCUT2D eigenvalue weighted by Crippen LogP contribution is 2.30. The highest BCUT2D eigenvalue weighted by molar-refractivity contribution is 5.64. The third-order valence-corrected chi connectivity index (χ3v) is 5.03. The Labute approximate surface area is 154 Å². The molecule has 136 valence electrons. The highest BCUT2D eigenvalue weighted by atomic mass is 16.5. The Bertz CT molecular complexity index is 811. The van der Waals surface area contributed by atoms with E-state index in [4.69, 9.17) is 9.47 Å². The minimum Gasteiger partial charge on any atom is -0.497 e. The van der Waals surface area contributed by atoms with Crippen molar-refractivity contribution in [1.29, 1.82) is 0 Å². The van der Waals surface area contributed by atoms with E-state index in [1.807, 2.05) is 31.3 Å². The molecule has 1 aromatic carbocycles. The van der Waals surface area contributed by atoms with Crippen LogP contribution >= 0.6 is 0 Å². The number of pyridine rings is 1. The normalized spacial score (nSPS) is 17.3. The fourth-order valence-corrected chi connectivity index (χ4v) is 3.60. The van der Waals surface area contributed by atoms with Crippen molar-refractivity contribution in [3.63, 3.8) is 0 Å². The fourth-order valence-electron chi connectivity index (χ4n) is 3.60. The van der Waals surface area contributed by atoms with Crippen molar-refractivity contribution in [2.45, 2.75) is 6.92 Å². The van der Waals surface area contributed by atoms with Crippen molar-refractivity contribution in [3.8, 4) is 11.5 Å². The molecular weight excluding hydrogens is 326 g/mol. The molecule has 4 rings (SSSR count). The smallest absolute Gasteiger partial charge is 0.127 e. The van der Waals surface area contributed by atoms with E-state index in [0.717, 1.165) is 55.5 Å². The Hall–Kier alpha value is -2.53. The second-order valence-corrected chi connectivity index (χ2v) is 6.91. The number of anilines is 1. The number of aromatic nitrogens is 1. The molecule has 0 unspecified atom stereocenters. The van der Waals surface area contributed by atoms with Crippen molar-refractivity contribution in [2.75, 3.05) is 51.3 Å². The summed E-state index contributed by atoms with van der Waals surface area (Å²) in [5, 5.41) is 0. The molecule has 5 nitrogen and oxygen atoms in total. The van der Waals surface area contributed by atoms with Crippen LogP contribution in [0.15, 0.2) is 42.1 Å². The first kappa shape index (κ1) is 16.9. The molecule has 0 atom stereocenters. The molecule has 0 amide bonds. The number of hydrogen-bond acceptors (Lipinski definition) is 5. The highest BCUT2D eigenvalue weighted by Gasteiger charge is 2.20. The average molecular weight is 351 g/mol. The van der Waals surface area contributed by atoms with Crippen LogP contribution in [0, 0.1) is 6.92 Å². The van der Waals surface area contributed by atoms with Gasteiger partial charge in [-0.3, -0.25) is 9.88 Å². The van der Waals surface area contributed by atoms with E-state index in [0.29, 0.717) is 6.61 Å². The summed E-state index contributed by atoms with van der Waals surface area (Å²) in [5.41, 5.74) is 4.78. The summed E-state index contributed by atoms with van der Waals surface area (Å²) in [5.74, 6) is 1.80. The van der Waals surface area contributed by atoms with Crippen LogP contribution in [0.4, 0.5) is 5.69 Å². The number of piperazine rings is 1. The van der Waals surface area contributed by atoms with Crippen molar-refractivity contribution >= 4 is 11.8 Å². The number of benzene rings is 1. The number of ether oxygens (including phenoxy) is 2. The van der Waals surface area contributed by atoms with Crippen LogP contribution in [0.1, 0.15) is 11.3 Å². The summed E-state index contributed by atoms with van der Waals surface area (Å²) >= 11 is 0. The summed E-state index contributed by atoms with van der Waals surface area (Å²) in [6.45, 7) is 7.88. The standard InChI is InChI=1S/C21H25N3O2/c1-16-11-19(5-6-22-16)24-9-7-23(8-10-24)14-17-12-18-13-20(25-2)3-4-21(18)26-15-17/h3-6,11-13H,7-10,14-15H2,1-2H3. The van der Waals surface area contributed by atoms with Gasteiger partial charge in [-0.15, -0.1) is 0 Å². The number of fused-ring (bicyclic) bond motifs is 1. The van der Waals surface area contributed by atoms with Crippen LogP contribution < -0.4 is 14.4 Å². The molecule has 0 aliphatic carbocycles. The molecule has 0 spiro atoms. The maximum Gasteiger partial charge on any atom is 0.127 e. The van der Waals surface area contributed by atoms with E-state index in [2.05, 4.69) is 33.0 Å². The summed E-state index contributed by atoms with van der Waals surface area (Å²) in [7, 11) is 1.69. The molecule has 0 saturated carbocycles. The number of hydrogen-bond donors (Lipinski definition) is 0. The summed E-state index contributed by atoms with van der Waals surface area (Å²) in [4.78, 5) is 9.24. The van der Waals surface area contributed by atoms with Crippen molar-refractivity contribution in [2.24, 2.45) is 0 Å². The van der Waals surface area contributed by atoms with Crippen LogP contribution in [-0.2, 0) is 0 Å². The lowest BCUT2D eigenvalue weighted by Crippen LogP contribution is -2.47. The Morgan fingerprint density at radius 3 is 2.73 bits per heavy atom. The zero-order valence-electron chi connectivity index (χ0n) is 15.4. The van der Waals surface area contributed by atoms with Gasteiger partial charge in [0.1, 0.15) is 18.1 Å². The Balaban J connectivity index is 1.38. The van der Waals surface area contributed by atoms with E-state index in [1.165, 1.54) is 11.3 Å². The predicted molar refractivity (Wildman–Crippen MR) is 104 cm³/mol. The third kappa shape index (κ3) is 3.68. The monoisotopic (exact) mass is 351 g/mol. The van der Waals surface area contributed by atoms with E-state index < -0.39 is 0 Å². The molecule has 1 aromatic heterocycles. The first-order valence-corrected chi connectivity index (χ1v) is 9.11. The van der Waals surface area contributed by atoms with Crippen LogP contribution in [0.3, 0.4) is 0 Å². The molecule has 2 aliphatic heterocycles. The van der Waals surface area contributed by atoms with Crippen LogP contribution in [0.25, 0.3) is 6.08 Å². The SMILES string of the molecule is COc1ccc2c(c1)C=C(CN1CCN(c3ccnc(C)c3)CC1)CO2. The molecule has 0 N–H and O–H groups in total. The second-order valence-electron chi connectivity index (χ2n) is 6.91. The number of aryl methyl sites for hydroxylation is 1. The van der Waals surface area contributed by atoms with Gasteiger partial charge in [-0.25, -0.2) is 0 Å². The quantitative estimate of drug-likeness (QED) is 0.847. The topological polar surface area (TPSA) is 37.8 Å². The number of nitrogens with zero attached hydrogens (tertiary/aromatic N) is 3. The lowest BCUT2D eigenvalue weighted by molar-refractivity contribution is 0.260. The molecule has 2 aliphatic rings. The third-order valence-electron chi connectivity index (χ3n) is 5.03. The summed E-state index contributed by atoms with van der Waals surface area (Å²) in [6, 6.07) is 10.2. The molecule has 0 radical (unpaired) electrons. The van der Waals surface area contributed by atoms with E-state index in [-0.39, 0.29) is 0 Å². The van der Waals surface area contributed by atoms with E-state index in [9.17, 15) is 0 Å². The van der Waals surface area contributed by atoms with Crippen molar-refractivity contribution < 1.29 is 9.47 Å². The average Bonchev–Trinajstić information content (AvgIpc) is 2.68. The zero-order chi connectivity index (χ0) is 17.9. The minimum absolute atomic E-state index is 0.670. The van der Waals surface area contributed by atoms with E-state index >= 15 is 0 Å². The van der Waals surface area contributed by atoms with Gasteiger partial charge in [0.25, 0.3) is 0 Å². The van der Waals surface area contributed by atoms with Gasteiger partial charge >= 0.3 is 0 Å². The maximum absolute atomic E-state index is 5.91. The second kappa shape index (κ2) is 7.38. The van der Waals surface area contributed by atoms with Crippen LogP contribution in [-0.4, -0.2) is 56.3 Å². The van der Waals surface area contributed by atoms with Crippen LogP contribution in [0.5, 0.6) is 11.5 Å². The van der Waals surface area contributed by atoms with Gasteiger partial charge in [-0.2, -0.15) is 0 Å². The summed E-state index contributed by atoms with van der Waals surface area (Å²) in [6.07, 6.45) is 4.15. The van der Waals surface area contributed by atoms with E-state index in [1.54, 1.807) is 7.11 Å². The van der Waals surface area contributed by atoms with Gasteiger partial charge in [0.2, 0.25) is 0 Å². The lowest BCUT2D eigenvalue weighted by Gasteiger charge is -2.36. The van der Waals surface area contributed by atoms with Gasteiger partial charge in [-0.05, 0) is 48.9 Å². The molecule has 1 fully saturated rings. The van der Waals surface area contributed by atoms with Gasteiger partial charge < -0.3 is 14.4 Å². The molecule has 5 heteroatoms. The van der Waals surface area contributed by atoms with Gasteiger partial charge in [0, 0.05) is 55.9 Å². The minimum atomic E-state index is 0.670. The Morgan fingerprint density at radius 2 is 1.96 bits per heavy atom. The molecule has 0 bridgehead atoms. The fraction of sp³-hybridized carbons (Fsp3) is 0.381. The number of methoxy groups -OCH3 is 1. The first-order chi connectivity index (χ1) is 12.7. The maximum atomic E-state index is 5.91. The largest absolute Gasteiger partial charge is 0.497 e. The Morgan fingerprint density at radius 1 is 1.12 bits per heavy atom. The van der Waals surface area contributed by atoms with Crippen molar-refractivity contribution in [1.82, 2.24) is 9.88 Å².